The molecule has 4 rings (SSSR count). The van der Waals surface area contributed by atoms with Gasteiger partial charge in [0.15, 0.2) is 5.78 Å². The Balaban J connectivity index is 1.81. The van der Waals surface area contributed by atoms with E-state index in [2.05, 4.69) is 4.98 Å². The first-order chi connectivity index (χ1) is 13.5. The van der Waals surface area contributed by atoms with Gasteiger partial charge in [-0.15, -0.1) is 0 Å². The van der Waals surface area contributed by atoms with Crippen molar-refractivity contribution in [2.24, 2.45) is 7.05 Å². The Bertz CT molecular complexity index is 1160. The van der Waals surface area contributed by atoms with Crippen LogP contribution in [0.4, 0.5) is 0 Å². The van der Waals surface area contributed by atoms with Gasteiger partial charge in [-0.2, -0.15) is 0 Å². The Labute approximate surface area is 162 Å². The summed E-state index contributed by atoms with van der Waals surface area (Å²) in [5.41, 5.74) is 3.62. The predicted octanol–water partition coefficient (Wildman–Crippen LogP) is 4.30. The molecule has 28 heavy (non-hydrogen) atoms. The number of hydrogen-bond donors (Lipinski definition) is 1. The zero-order valence-electron chi connectivity index (χ0n) is 16.0. The highest BCUT2D eigenvalue weighted by atomic mass is 16.5. The number of aromatic amines is 1. The van der Waals surface area contributed by atoms with Crippen LogP contribution in [-0.4, -0.2) is 20.1 Å². The molecule has 0 saturated carbocycles. The van der Waals surface area contributed by atoms with Gasteiger partial charge in [-0.05, 0) is 43.3 Å². The lowest BCUT2D eigenvalue weighted by molar-refractivity contribution is 0.0988. The highest BCUT2D eigenvalue weighted by Crippen LogP contribution is 2.36. The Morgan fingerprint density at radius 3 is 2.39 bits per heavy atom. The summed E-state index contributed by atoms with van der Waals surface area (Å²) >= 11 is 0. The van der Waals surface area contributed by atoms with E-state index >= 15 is 0 Å². The number of nitrogens with one attached hydrogen (secondary N) is 1. The summed E-state index contributed by atoms with van der Waals surface area (Å²) in [4.78, 5) is 27.3. The van der Waals surface area contributed by atoms with E-state index in [9.17, 15) is 9.59 Å². The normalized spacial score (nSPS) is 11.1. The van der Waals surface area contributed by atoms with Crippen molar-refractivity contribution in [1.29, 1.82) is 0 Å². The molecule has 2 aromatic carbocycles. The SMILES string of the molecule is CCC(=O)c1ccc(Oc2c3n(-c4ccccc4)n(C)c(C)c-3[nH]c2=O)cc1. The number of hydrogen-bond acceptors (Lipinski definition) is 3. The van der Waals surface area contributed by atoms with Crippen molar-refractivity contribution in [1.82, 2.24) is 14.3 Å². The van der Waals surface area contributed by atoms with E-state index in [1.54, 1.807) is 24.3 Å². The molecule has 0 spiro atoms. The highest BCUT2D eigenvalue weighted by molar-refractivity contribution is 5.95. The molecule has 2 aliphatic rings. The van der Waals surface area contributed by atoms with Crippen molar-refractivity contribution >= 4 is 5.78 Å². The second-order valence-corrected chi connectivity index (χ2v) is 6.67. The summed E-state index contributed by atoms with van der Waals surface area (Å²) in [6.45, 7) is 3.78. The van der Waals surface area contributed by atoms with Gasteiger partial charge in [0.05, 0.1) is 17.1 Å². The first-order valence-corrected chi connectivity index (χ1v) is 9.18. The fourth-order valence-corrected chi connectivity index (χ4v) is 3.37. The first kappa shape index (κ1) is 17.9. The van der Waals surface area contributed by atoms with Crippen LogP contribution in [0.25, 0.3) is 17.1 Å². The van der Waals surface area contributed by atoms with Crippen LogP contribution in [0.3, 0.4) is 0 Å². The second-order valence-electron chi connectivity index (χ2n) is 6.67. The molecule has 0 amide bonds. The number of nitrogens with zero attached hydrogens (tertiary/aromatic N) is 2. The molecule has 2 aliphatic heterocycles. The third-order valence-electron chi connectivity index (χ3n) is 4.97. The number of rotatable bonds is 5. The average molecular weight is 375 g/mol. The van der Waals surface area contributed by atoms with Crippen molar-refractivity contribution in [2.45, 2.75) is 20.3 Å². The molecular weight excluding hydrogens is 354 g/mol. The molecule has 2 aromatic rings. The topological polar surface area (TPSA) is 69.0 Å². The molecule has 0 aliphatic carbocycles. The van der Waals surface area contributed by atoms with Gasteiger partial charge in [-0.3, -0.25) is 14.3 Å². The Morgan fingerprint density at radius 1 is 1.07 bits per heavy atom. The maximum Gasteiger partial charge on any atom is 0.293 e. The monoisotopic (exact) mass is 375 g/mol. The largest absolute Gasteiger partial charge is 0.449 e. The maximum absolute atomic E-state index is 12.6. The number of carbonyl (C=O) groups is 1. The van der Waals surface area contributed by atoms with Gasteiger partial charge in [-0.25, -0.2) is 4.68 Å². The Kier molecular flexibility index (Phi) is 4.39. The van der Waals surface area contributed by atoms with Crippen LogP contribution in [-0.2, 0) is 7.05 Å². The van der Waals surface area contributed by atoms with Gasteiger partial charge >= 0.3 is 0 Å². The number of H-pyrrole nitrogens is 1. The van der Waals surface area contributed by atoms with Crippen LogP contribution in [0.15, 0.2) is 59.4 Å². The van der Waals surface area contributed by atoms with E-state index in [0.29, 0.717) is 23.4 Å². The van der Waals surface area contributed by atoms with Crippen molar-refractivity contribution < 1.29 is 9.53 Å². The summed E-state index contributed by atoms with van der Waals surface area (Å²) in [5.74, 6) is 0.810. The second kappa shape index (κ2) is 6.88. The van der Waals surface area contributed by atoms with Crippen LogP contribution >= 0.6 is 0 Å². The predicted molar refractivity (Wildman–Crippen MR) is 108 cm³/mol. The number of aromatic nitrogens is 3. The van der Waals surface area contributed by atoms with Gasteiger partial charge in [-0.1, -0.05) is 25.1 Å². The number of ketones is 1. The van der Waals surface area contributed by atoms with E-state index in [0.717, 1.165) is 17.1 Å². The Hall–Kier alpha value is -3.54. The molecule has 142 valence electrons. The number of ether oxygens (including phenoxy) is 1. The quantitative estimate of drug-likeness (QED) is 0.529. The third kappa shape index (κ3) is 2.83. The van der Waals surface area contributed by atoms with Crippen LogP contribution in [0.5, 0.6) is 11.5 Å². The van der Waals surface area contributed by atoms with Crippen LogP contribution in [0.1, 0.15) is 29.4 Å². The fraction of sp³-hybridized carbons (Fsp3) is 0.182. The zero-order chi connectivity index (χ0) is 19.8. The molecule has 0 bridgehead atoms. The number of fused-ring (bicyclic) bond motifs is 1. The van der Waals surface area contributed by atoms with Crippen molar-refractivity contribution in [2.75, 3.05) is 0 Å². The van der Waals surface area contributed by atoms with E-state index in [4.69, 9.17) is 4.74 Å². The maximum atomic E-state index is 12.6. The number of benzene rings is 2. The highest BCUT2D eigenvalue weighted by Gasteiger charge is 2.27. The van der Waals surface area contributed by atoms with E-state index < -0.39 is 0 Å². The van der Waals surface area contributed by atoms with Gasteiger partial charge in [0, 0.05) is 19.0 Å². The molecule has 0 saturated heterocycles. The van der Waals surface area contributed by atoms with Gasteiger partial charge < -0.3 is 9.72 Å². The number of para-hydroxylation sites is 1. The van der Waals surface area contributed by atoms with Gasteiger partial charge in [0.2, 0.25) is 5.75 Å². The minimum atomic E-state index is -0.285. The molecular formula is C22H21N3O3. The summed E-state index contributed by atoms with van der Waals surface area (Å²) in [5, 5.41) is 0. The number of carbonyl (C=O) groups excluding carboxylic acids is 1. The van der Waals surface area contributed by atoms with E-state index in [-0.39, 0.29) is 17.1 Å². The minimum absolute atomic E-state index is 0.0701. The first-order valence-electron chi connectivity index (χ1n) is 9.18. The van der Waals surface area contributed by atoms with Crippen LogP contribution in [0, 0.1) is 6.92 Å². The molecule has 0 unspecified atom stereocenters. The molecule has 1 N–H and O–H groups in total. The molecule has 0 aromatic heterocycles. The van der Waals surface area contributed by atoms with Crippen molar-refractivity contribution in [3.8, 4) is 28.6 Å². The van der Waals surface area contributed by atoms with Gasteiger partial charge in [0.25, 0.3) is 5.56 Å². The third-order valence-corrected chi connectivity index (χ3v) is 4.97. The van der Waals surface area contributed by atoms with Crippen molar-refractivity contribution in [3.05, 3.63) is 76.2 Å². The van der Waals surface area contributed by atoms with Crippen LogP contribution < -0.4 is 10.3 Å². The average Bonchev–Trinajstić information content (AvgIpc) is 3.16. The summed E-state index contributed by atoms with van der Waals surface area (Å²) in [7, 11) is 1.94. The zero-order valence-corrected chi connectivity index (χ0v) is 16.0. The van der Waals surface area contributed by atoms with Crippen LogP contribution in [0.2, 0.25) is 0 Å². The Morgan fingerprint density at radius 2 is 1.75 bits per heavy atom. The van der Waals surface area contributed by atoms with E-state index in [1.807, 2.05) is 60.6 Å². The molecule has 6 nitrogen and oxygen atoms in total. The summed E-state index contributed by atoms with van der Waals surface area (Å²) in [6, 6.07) is 16.7. The molecule has 0 atom stereocenters. The molecule has 6 heteroatoms. The lowest BCUT2D eigenvalue weighted by Gasteiger charge is -2.12. The van der Waals surface area contributed by atoms with Crippen molar-refractivity contribution in [3.63, 3.8) is 0 Å². The minimum Gasteiger partial charge on any atom is -0.449 e. The van der Waals surface area contributed by atoms with Gasteiger partial charge in [0.1, 0.15) is 11.4 Å². The smallest absolute Gasteiger partial charge is 0.293 e. The van der Waals surface area contributed by atoms with E-state index in [1.165, 1.54) is 0 Å². The molecule has 0 fully saturated rings. The summed E-state index contributed by atoms with van der Waals surface area (Å²) < 4.78 is 9.90. The lowest BCUT2D eigenvalue weighted by atomic mass is 10.1. The fourth-order valence-electron chi connectivity index (χ4n) is 3.37. The molecule has 0 radical (unpaired) electrons. The standard InChI is InChI=1S/C22H21N3O3/c1-4-18(26)15-10-12-17(13-11-15)28-21-20-19(23-22(21)27)14(2)24(3)25(20)16-8-6-5-7-9-16/h5-13H,4H2,1-3H3,(H,23,27). The summed E-state index contributed by atoms with van der Waals surface area (Å²) in [6.07, 6.45) is 0.448. The lowest BCUT2D eigenvalue weighted by Crippen LogP contribution is -2.10. The number of Topliss-reactive ketones (excluding diaryl/α,β-unsaturated/α-hetero) is 1. The molecule has 2 heterocycles.